The molecule has 160 valence electrons. The van der Waals surface area contributed by atoms with Crippen LogP contribution in [-0.4, -0.2) is 38.4 Å². The molecule has 0 radical (unpaired) electrons. The van der Waals surface area contributed by atoms with Gasteiger partial charge in [-0.3, -0.25) is 4.79 Å². The van der Waals surface area contributed by atoms with E-state index in [1.165, 1.54) is 30.5 Å². The fraction of sp³-hybridized carbons (Fsp3) is 0.455. The number of likely N-dealkylation sites (tertiary alicyclic amines) is 1. The Morgan fingerprint density at radius 2 is 2.03 bits per heavy atom. The summed E-state index contributed by atoms with van der Waals surface area (Å²) in [4.78, 5) is 34.8. The van der Waals surface area contributed by atoms with Crippen molar-refractivity contribution in [3.63, 3.8) is 0 Å². The highest BCUT2D eigenvalue weighted by molar-refractivity contribution is 5.88. The number of rotatable bonds is 8. The number of aromatic nitrogens is 2. The maximum absolute atomic E-state index is 13.1. The Morgan fingerprint density at radius 3 is 2.73 bits per heavy atom. The second-order valence-electron chi connectivity index (χ2n) is 7.34. The highest BCUT2D eigenvalue weighted by Crippen LogP contribution is 2.30. The number of carboxylic acids is 1. The third kappa shape index (κ3) is 5.31. The Hall–Kier alpha value is -3.03. The second kappa shape index (κ2) is 10.1. The minimum atomic E-state index is -1.15. The molecule has 2 heterocycles. The van der Waals surface area contributed by atoms with Gasteiger partial charge in [-0.05, 0) is 49.9 Å². The van der Waals surface area contributed by atoms with Gasteiger partial charge >= 0.3 is 5.97 Å². The van der Waals surface area contributed by atoms with Gasteiger partial charge in [0.2, 0.25) is 5.91 Å². The molecule has 0 unspecified atom stereocenters. The normalized spacial score (nSPS) is 16.3. The largest absolute Gasteiger partial charge is 0.487 e. The molecule has 0 spiro atoms. The monoisotopic (exact) mass is 415 g/mol. The van der Waals surface area contributed by atoms with E-state index in [4.69, 9.17) is 4.74 Å². The first-order valence-corrected chi connectivity index (χ1v) is 10.3. The van der Waals surface area contributed by atoms with Gasteiger partial charge in [-0.15, -0.1) is 0 Å². The molecule has 0 bridgehead atoms. The first kappa shape index (κ1) is 21.7. The first-order chi connectivity index (χ1) is 14.5. The number of benzene rings is 1. The van der Waals surface area contributed by atoms with Crippen molar-refractivity contribution in [1.29, 1.82) is 0 Å². The molecular weight excluding hydrogens is 389 g/mol. The first-order valence-electron chi connectivity index (χ1n) is 10.3. The van der Waals surface area contributed by atoms with Gasteiger partial charge in [0.15, 0.2) is 5.82 Å². The molecule has 1 amide bonds. The minimum absolute atomic E-state index is 0.0551. The summed E-state index contributed by atoms with van der Waals surface area (Å²) in [6.45, 7) is 2.60. The minimum Gasteiger partial charge on any atom is -0.487 e. The van der Waals surface area contributed by atoms with Crippen LogP contribution in [0.5, 0.6) is 5.75 Å². The summed E-state index contributed by atoms with van der Waals surface area (Å²) in [6, 6.07) is 5.19. The lowest BCUT2D eigenvalue weighted by atomic mass is 10.00. The average molecular weight is 415 g/mol. The van der Waals surface area contributed by atoms with E-state index >= 15 is 0 Å². The topological polar surface area (TPSA) is 92.6 Å². The van der Waals surface area contributed by atoms with E-state index in [0.29, 0.717) is 24.5 Å². The van der Waals surface area contributed by atoms with Crippen molar-refractivity contribution < 1.29 is 23.8 Å². The fourth-order valence-corrected chi connectivity index (χ4v) is 3.53. The molecular formula is C22H26FN3O4. The fourth-order valence-electron chi connectivity index (χ4n) is 3.53. The van der Waals surface area contributed by atoms with Gasteiger partial charge in [0.1, 0.15) is 23.7 Å². The van der Waals surface area contributed by atoms with E-state index < -0.39 is 5.97 Å². The Bertz CT molecular complexity index is 888. The zero-order valence-corrected chi connectivity index (χ0v) is 17.0. The number of amides is 1. The van der Waals surface area contributed by atoms with E-state index in [1.807, 2.05) is 11.8 Å². The van der Waals surface area contributed by atoms with E-state index in [-0.39, 0.29) is 35.6 Å². The predicted octanol–water partition coefficient (Wildman–Crippen LogP) is 4.14. The van der Waals surface area contributed by atoms with Crippen LogP contribution in [0.4, 0.5) is 4.39 Å². The lowest BCUT2D eigenvalue weighted by molar-refractivity contribution is -0.135. The van der Waals surface area contributed by atoms with Crippen molar-refractivity contribution in [3.8, 4) is 5.75 Å². The van der Waals surface area contributed by atoms with Gasteiger partial charge in [0.05, 0.1) is 11.7 Å². The SMILES string of the molecule is CCCCC(=O)N1CCCC[C@@H]1c1ncc(C(=O)O)c(COc2ccc(F)cc2)n1. The van der Waals surface area contributed by atoms with Crippen LogP contribution in [0, 0.1) is 5.82 Å². The van der Waals surface area contributed by atoms with E-state index in [0.717, 1.165) is 32.1 Å². The van der Waals surface area contributed by atoms with Gasteiger partial charge in [-0.25, -0.2) is 19.2 Å². The molecule has 7 nitrogen and oxygen atoms in total. The number of ether oxygens (including phenoxy) is 1. The van der Waals surface area contributed by atoms with Crippen molar-refractivity contribution in [2.45, 2.75) is 58.1 Å². The molecule has 0 aliphatic carbocycles. The molecule has 1 N–H and O–H groups in total. The van der Waals surface area contributed by atoms with Crippen LogP contribution in [0.15, 0.2) is 30.5 Å². The zero-order valence-electron chi connectivity index (χ0n) is 17.0. The van der Waals surface area contributed by atoms with Gasteiger partial charge in [0.25, 0.3) is 0 Å². The summed E-state index contributed by atoms with van der Waals surface area (Å²) in [5.74, 6) is -0.623. The lowest BCUT2D eigenvalue weighted by Gasteiger charge is -2.35. The quantitative estimate of drug-likeness (QED) is 0.697. The van der Waals surface area contributed by atoms with Crippen molar-refractivity contribution in [2.75, 3.05) is 6.54 Å². The Labute approximate surface area is 174 Å². The number of piperidine rings is 1. The highest BCUT2D eigenvalue weighted by Gasteiger charge is 2.30. The number of carboxylic acid groups (broad SMARTS) is 1. The highest BCUT2D eigenvalue weighted by atomic mass is 19.1. The smallest absolute Gasteiger partial charge is 0.339 e. The number of unbranched alkanes of at least 4 members (excludes halogenated alkanes) is 1. The summed E-state index contributed by atoms with van der Waals surface area (Å²) < 4.78 is 18.7. The average Bonchev–Trinajstić information content (AvgIpc) is 2.76. The van der Waals surface area contributed by atoms with Crippen LogP contribution in [0.3, 0.4) is 0 Å². The lowest BCUT2D eigenvalue weighted by Crippen LogP contribution is -2.39. The maximum Gasteiger partial charge on any atom is 0.339 e. The van der Waals surface area contributed by atoms with Crippen molar-refractivity contribution in [2.24, 2.45) is 0 Å². The van der Waals surface area contributed by atoms with Crippen LogP contribution < -0.4 is 4.74 Å². The summed E-state index contributed by atoms with van der Waals surface area (Å²) in [5, 5.41) is 9.49. The number of hydrogen-bond donors (Lipinski definition) is 1. The molecule has 1 aromatic carbocycles. The van der Waals surface area contributed by atoms with Crippen LogP contribution in [0.25, 0.3) is 0 Å². The number of halogens is 1. The van der Waals surface area contributed by atoms with Crippen molar-refractivity contribution >= 4 is 11.9 Å². The number of nitrogens with zero attached hydrogens (tertiary/aromatic N) is 3. The molecule has 8 heteroatoms. The Morgan fingerprint density at radius 1 is 1.27 bits per heavy atom. The molecule has 2 aromatic rings. The molecule has 30 heavy (non-hydrogen) atoms. The summed E-state index contributed by atoms with van der Waals surface area (Å²) in [5.41, 5.74) is 0.170. The van der Waals surface area contributed by atoms with Crippen LogP contribution in [0.1, 0.15) is 73.4 Å². The van der Waals surface area contributed by atoms with Crippen molar-refractivity contribution in [3.05, 3.63) is 53.4 Å². The Balaban J connectivity index is 1.83. The molecule has 0 saturated carbocycles. The van der Waals surface area contributed by atoms with Gasteiger partial charge in [0, 0.05) is 19.2 Å². The molecule has 1 atom stereocenters. The van der Waals surface area contributed by atoms with E-state index in [1.54, 1.807) is 0 Å². The summed E-state index contributed by atoms with van der Waals surface area (Å²) in [7, 11) is 0. The van der Waals surface area contributed by atoms with Crippen LogP contribution in [0.2, 0.25) is 0 Å². The number of carbonyl (C=O) groups is 2. The van der Waals surface area contributed by atoms with Gasteiger partial charge in [-0.2, -0.15) is 0 Å². The number of hydrogen-bond acceptors (Lipinski definition) is 5. The summed E-state index contributed by atoms with van der Waals surface area (Å²) >= 11 is 0. The molecule has 1 aromatic heterocycles. The Kier molecular flexibility index (Phi) is 7.32. The number of aromatic carboxylic acids is 1. The third-order valence-corrected chi connectivity index (χ3v) is 5.17. The van der Waals surface area contributed by atoms with Crippen LogP contribution in [-0.2, 0) is 11.4 Å². The second-order valence-corrected chi connectivity index (χ2v) is 7.34. The third-order valence-electron chi connectivity index (χ3n) is 5.17. The van der Waals surface area contributed by atoms with Crippen molar-refractivity contribution in [1.82, 2.24) is 14.9 Å². The van der Waals surface area contributed by atoms with E-state index in [9.17, 15) is 19.1 Å². The van der Waals surface area contributed by atoms with Crippen LogP contribution >= 0.6 is 0 Å². The van der Waals surface area contributed by atoms with Gasteiger partial charge < -0.3 is 14.7 Å². The molecule has 1 fully saturated rings. The molecule has 1 aliphatic heterocycles. The van der Waals surface area contributed by atoms with E-state index in [2.05, 4.69) is 9.97 Å². The summed E-state index contributed by atoms with van der Waals surface area (Å²) in [6.07, 6.45) is 6.16. The zero-order chi connectivity index (χ0) is 21.5. The van der Waals surface area contributed by atoms with Gasteiger partial charge in [-0.1, -0.05) is 13.3 Å². The maximum atomic E-state index is 13.1. The predicted molar refractivity (Wildman–Crippen MR) is 108 cm³/mol. The number of carbonyl (C=O) groups excluding carboxylic acids is 1. The molecule has 1 saturated heterocycles. The molecule has 1 aliphatic rings. The standard InChI is InChI=1S/C22H26FN3O4/c1-2-3-7-20(27)26-12-5-4-6-19(26)21-24-13-17(22(28)29)18(25-21)14-30-16-10-8-15(23)9-11-16/h8-11,13,19H,2-7,12,14H2,1H3,(H,28,29)/t19-/m1/s1. The molecule has 3 rings (SSSR count).